The first-order valence-electron chi connectivity index (χ1n) is 3.92. The number of hydrogen-bond acceptors (Lipinski definition) is 2. The molecule has 0 fully saturated rings. The van der Waals surface area contributed by atoms with Gasteiger partial charge < -0.3 is 5.32 Å². The number of fused-ring (bicyclic) bond motifs is 1. The van der Waals surface area contributed by atoms with Crippen LogP contribution in [0.5, 0.6) is 0 Å². The Morgan fingerprint density at radius 2 is 2.17 bits per heavy atom. The zero-order chi connectivity index (χ0) is 8.39. The normalized spacial score (nSPS) is 10.1. The number of hydrogen-bond donors (Lipinski definition) is 1. The van der Waals surface area contributed by atoms with Gasteiger partial charge in [0.15, 0.2) is 0 Å². The number of nitrogens with one attached hydrogen (secondary N) is 1. The summed E-state index contributed by atoms with van der Waals surface area (Å²) in [5.74, 6) is 0. The number of pyridine rings is 1. The predicted octanol–water partition coefficient (Wildman–Crippen LogP) is 2.28. The molecule has 0 unspecified atom stereocenters. The first kappa shape index (κ1) is 7.10. The molecule has 0 bridgehead atoms. The Balaban J connectivity index is 2.79. The van der Waals surface area contributed by atoms with E-state index >= 15 is 0 Å². The number of nitrogens with zero attached hydrogens (tertiary/aromatic N) is 1. The molecule has 0 amide bonds. The highest BCUT2D eigenvalue weighted by molar-refractivity contribution is 5.92. The van der Waals surface area contributed by atoms with Crippen LogP contribution in [0.2, 0.25) is 0 Å². The molecule has 0 saturated heterocycles. The molecule has 0 aliphatic carbocycles. The lowest BCUT2D eigenvalue weighted by Gasteiger charge is -2.03. The minimum atomic E-state index is 1.15. The third-order valence-corrected chi connectivity index (χ3v) is 1.95. The van der Waals surface area contributed by atoms with E-state index in [2.05, 4.69) is 22.4 Å². The monoisotopic (exact) mass is 158 g/mol. The van der Waals surface area contributed by atoms with E-state index in [1.807, 2.05) is 31.6 Å². The number of rotatable bonds is 1. The molecule has 1 aromatic carbocycles. The van der Waals surface area contributed by atoms with Crippen molar-refractivity contribution in [3.05, 3.63) is 36.7 Å². The molecule has 2 rings (SSSR count). The molecule has 2 heteroatoms. The fraction of sp³-hybridized carbons (Fsp3) is 0.100. The predicted molar refractivity (Wildman–Crippen MR) is 51.3 cm³/mol. The van der Waals surface area contributed by atoms with Crippen molar-refractivity contribution < 1.29 is 0 Å². The lowest BCUT2D eigenvalue weighted by Crippen LogP contribution is -1.88. The molecule has 0 aliphatic rings. The van der Waals surface area contributed by atoms with Crippen LogP contribution in [0.3, 0.4) is 0 Å². The second kappa shape index (κ2) is 2.81. The Morgan fingerprint density at radius 1 is 1.25 bits per heavy atom. The largest absolute Gasteiger partial charge is 0.388 e. The third kappa shape index (κ3) is 1.01. The van der Waals surface area contributed by atoms with E-state index in [1.54, 1.807) is 0 Å². The Kier molecular flexibility index (Phi) is 1.67. The Bertz CT molecular complexity index is 390. The molecule has 0 atom stereocenters. The average molecular weight is 158 g/mol. The van der Waals surface area contributed by atoms with E-state index in [1.165, 1.54) is 10.8 Å². The van der Waals surface area contributed by atoms with E-state index in [9.17, 15) is 0 Å². The SMILES string of the molecule is CNc1cccc2cnccc12. The first-order valence-corrected chi connectivity index (χ1v) is 3.92. The molecule has 2 aromatic rings. The van der Waals surface area contributed by atoms with E-state index < -0.39 is 0 Å². The number of aromatic nitrogens is 1. The second-order valence-electron chi connectivity index (χ2n) is 2.65. The fourth-order valence-corrected chi connectivity index (χ4v) is 1.34. The van der Waals surface area contributed by atoms with E-state index in [-0.39, 0.29) is 0 Å². The zero-order valence-electron chi connectivity index (χ0n) is 6.91. The summed E-state index contributed by atoms with van der Waals surface area (Å²) in [6.45, 7) is 0. The maximum Gasteiger partial charge on any atom is 0.0418 e. The third-order valence-electron chi connectivity index (χ3n) is 1.95. The molecule has 60 valence electrons. The van der Waals surface area contributed by atoms with Crippen LogP contribution in [-0.4, -0.2) is 12.0 Å². The van der Waals surface area contributed by atoms with Crippen molar-refractivity contribution in [3.63, 3.8) is 0 Å². The quantitative estimate of drug-likeness (QED) is 0.688. The van der Waals surface area contributed by atoms with Crippen molar-refractivity contribution in [2.75, 3.05) is 12.4 Å². The van der Waals surface area contributed by atoms with E-state index in [0.29, 0.717) is 0 Å². The van der Waals surface area contributed by atoms with Gasteiger partial charge in [-0.15, -0.1) is 0 Å². The standard InChI is InChI=1S/C10H10N2/c1-11-10-4-2-3-8-7-12-6-5-9(8)10/h2-7,11H,1H3. The van der Waals surface area contributed by atoms with Crippen LogP contribution in [0.15, 0.2) is 36.7 Å². The van der Waals surface area contributed by atoms with Gasteiger partial charge in [-0.3, -0.25) is 4.98 Å². The molecule has 0 spiro atoms. The van der Waals surface area contributed by atoms with Gasteiger partial charge in [0.05, 0.1) is 0 Å². The molecule has 2 nitrogen and oxygen atoms in total. The summed E-state index contributed by atoms with van der Waals surface area (Å²) >= 11 is 0. The maximum absolute atomic E-state index is 4.06. The second-order valence-corrected chi connectivity index (χ2v) is 2.65. The van der Waals surface area contributed by atoms with Crippen molar-refractivity contribution in [1.29, 1.82) is 0 Å². The smallest absolute Gasteiger partial charge is 0.0418 e. The van der Waals surface area contributed by atoms with Crippen LogP contribution in [0, 0.1) is 0 Å². The summed E-state index contributed by atoms with van der Waals surface area (Å²) in [4.78, 5) is 4.06. The van der Waals surface area contributed by atoms with E-state index in [0.717, 1.165) is 5.69 Å². The van der Waals surface area contributed by atoms with Crippen LogP contribution in [0.4, 0.5) is 5.69 Å². The Labute approximate surface area is 71.2 Å². The van der Waals surface area contributed by atoms with Gasteiger partial charge >= 0.3 is 0 Å². The fourth-order valence-electron chi connectivity index (χ4n) is 1.34. The molecular weight excluding hydrogens is 148 g/mol. The number of benzene rings is 1. The summed E-state index contributed by atoms with van der Waals surface area (Å²) in [5.41, 5.74) is 1.15. The van der Waals surface area contributed by atoms with Gasteiger partial charge in [-0.2, -0.15) is 0 Å². The maximum atomic E-state index is 4.06. The summed E-state index contributed by atoms with van der Waals surface area (Å²) in [6.07, 6.45) is 3.68. The van der Waals surface area contributed by atoms with Crippen LogP contribution < -0.4 is 5.32 Å². The zero-order valence-corrected chi connectivity index (χ0v) is 6.91. The van der Waals surface area contributed by atoms with Gasteiger partial charge in [0.2, 0.25) is 0 Å². The first-order chi connectivity index (χ1) is 5.92. The van der Waals surface area contributed by atoms with Crippen LogP contribution in [-0.2, 0) is 0 Å². The Morgan fingerprint density at radius 3 is 3.00 bits per heavy atom. The van der Waals surface area contributed by atoms with Crippen molar-refractivity contribution in [2.24, 2.45) is 0 Å². The summed E-state index contributed by atoms with van der Waals surface area (Å²) in [6, 6.07) is 8.16. The van der Waals surface area contributed by atoms with Crippen molar-refractivity contribution >= 4 is 16.5 Å². The molecule has 1 heterocycles. The summed E-state index contributed by atoms with van der Waals surface area (Å²) < 4.78 is 0. The van der Waals surface area contributed by atoms with Gasteiger partial charge in [0, 0.05) is 35.9 Å². The van der Waals surface area contributed by atoms with Gasteiger partial charge in [-0.05, 0) is 12.1 Å². The summed E-state index contributed by atoms with van der Waals surface area (Å²) in [5, 5.41) is 5.53. The van der Waals surface area contributed by atoms with Crippen LogP contribution in [0.25, 0.3) is 10.8 Å². The average Bonchev–Trinajstić information content (AvgIpc) is 2.17. The van der Waals surface area contributed by atoms with Gasteiger partial charge in [-0.25, -0.2) is 0 Å². The minimum absolute atomic E-state index is 1.15. The number of anilines is 1. The van der Waals surface area contributed by atoms with Crippen molar-refractivity contribution in [3.8, 4) is 0 Å². The minimum Gasteiger partial charge on any atom is -0.388 e. The van der Waals surface area contributed by atoms with Crippen LogP contribution in [0.1, 0.15) is 0 Å². The topological polar surface area (TPSA) is 24.9 Å². The van der Waals surface area contributed by atoms with Crippen molar-refractivity contribution in [2.45, 2.75) is 0 Å². The van der Waals surface area contributed by atoms with Crippen molar-refractivity contribution in [1.82, 2.24) is 4.98 Å². The van der Waals surface area contributed by atoms with Gasteiger partial charge in [0.1, 0.15) is 0 Å². The molecule has 0 saturated carbocycles. The van der Waals surface area contributed by atoms with Crippen LogP contribution >= 0.6 is 0 Å². The lowest BCUT2D eigenvalue weighted by molar-refractivity contribution is 1.36. The highest BCUT2D eigenvalue weighted by Crippen LogP contribution is 2.20. The van der Waals surface area contributed by atoms with Gasteiger partial charge in [0.25, 0.3) is 0 Å². The molecule has 0 aliphatic heterocycles. The molecule has 0 radical (unpaired) electrons. The molecule has 1 N–H and O–H groups in total. The Hall–Kier alpha value is -1.57. The highest BCUT2D eigenvalue weighted by Gasteiger charge is 1.95. The highest BCUT2D eigenvalue weighted by atomic mass is 14.8. The molecular formula is C10H10N2. The summed E-state index contributed by atoms with van der Waals surface area (Å²) in [7, 11) is 1.93. The lowest BCUT2D eigenvalue weighted by atomic mass is 10.1. The van der Waals surface area contributed by atoms with E-state index in [4.69, 9.17) is 0 Å². The van der Waals surface area contributed by atoms with Gasteiger partial charge in [-0.1, -0.05) is 12.1 Å². The molecule has 1 aromatic heterocycles. The molecule has 12 heavy (non-hydrogen) atoms.